The summed E-state index contributed by atoms with van der Waals surface area (Å²) in [5.41, 5.74) is 1.30. The van der Waals surface area contributed by atoms with Crippen molar-refractivity contribution in [3.05, 3.63) is 41.4 Å². The van der Waals surface area contributed by atoms with E-state index in [1.807, 2.05) is 0 Å². The van der Waals surface area contributed by atoms with E-state index < -0.39 is 0 Å². The third-order valence-corrected chi connectivity index (χ3v) is 3.66. The molecule has 2 aromatic carbocycles. The van der Waals surface area contributed by atoms with Crippen LogP contribution in [0.4, 0.5) is 11.4 Å². The van der Waals surface area contributed by atoms with Crippen LogP contribution in [0.1, 0.15) is 0 Å². The normalized spacial score (nSPS) is 12.4. The van der Waals surface area contributed by atoms with Gasteiger partial charge in [-0.3, -0.25) is 4.79 Å². The standard InChI is InChI=1S/C17H17ClN2O4/c1-22-14-4-2-11(18)8-13(14)19-10-17(21)20-12-3-5-15-16(9-12)24-7-6-23-15/h2-5,8-9,19H,6-7,10H2,1H3,(H,20,21). The van der Waals surface area contributed by atoms with Gasteiger partial charge in [0.25, 0.3) is 0 Å². The number of methoxy groups -OCH3 is 1. The first-order chi connectivity index (χ1) is 11.7. The summed E-state index contributed by atoms with van der Waals surface area (Å²) in [4.78, 5) is 12.1. The Morgan fingerprint density at radius 3 is 2.75 bits per heavy atom. The third kappa shape index (κ3) is 3.83. The lowest BCUT2D eigenvalue weighted by Gasteiger charge is -2.19. The monoisotopic (exact) mass is 348 g/mol. The largest absolute Gasteiger partial charge is 0.495 e. The molecule has 0 saturated heterocycles. The van der Waals surface area contributed by atoms with E-state index in [0.717, 1.165) is 0 Å². The maximum absolute atomic E-state index is 12.1. The number of hydrogen-bond donors (Lipinski definition) is 2. The highest BCUT2D eigenvalue weighted by Gasteiger charge is 2.13. The van der Waals surface area contributed by atoms with Gasteiger partial charge in [-0.15, -0.1) is 0 Å². The minimum absolute atomic E-state index is 0.0745. The molecule has 1 aliphatic rings. The van der Waals surface area contributed by atoms with Crippen LogP contribution in [-0.4, -0.2) is 32.8 Å². The molecular formula is C17H17ClN2O4. The van der Waals surface area contributed by atoms with Gasteiger partial charge < -0.3 is 24.8 Å². The molecular weight excluding hydrogens is 332 g/mol. The predicted octanol–water partition coefficient (Wildman–Crippen LogP) is 3.17. The van der Waals surface area contributed by atoms with Gasteiger partial charge in [0.05, 0.1) is 19.3 Å². The van der Waals surface area contributed by atoms with Crippen LogP contribution in [0.15, 0.2) is 36.4 Å². The summed E-state index contributed by atoms with van der Waals surface area (Å²) < 4.78 is 16.2. The van der Waals surface area contributed by atoms with E-state index in [0.29, 0.717) is 46.9 Å². The van der Waals surface area contributed by atoms with Crippen LogP contribution in [0.5, 0.6) is 17.2 Å². The number of ether oxygens (including phenoxy) is 3. The van der Waals surface area contributed by atoms with Crippen LogP contribution < -0.4 is 24.8 Å². The zero-order valence-corrected chi connectivity index (χ0v) is 13.9. The molecule has 0 bridgehead atoms. The summed E-state index contributed by atoms with van der Waals surface area (Å²) in [6.07, 6.45) is 0. The number of rotatable bonds is 5. The van der Waals surface area contributed by atoms with Gasteiger partial charge in [-0.25, -0.2) is 0 Å². The van der Waals surface area contributed by atoms with Crippen molar-refractivity contribution in [1.29, 1.82) is 0 Å². The summed E-state index contributed by atoms with van der Waals surface area (Å²) >= 11 is 5.96. The van der Waals surface area contributed by atoms with Gasteiger partial charge in [-0.1, -0.05) is 11.6 Å². The molecule has 1 aliphatic heterocycles. The Kier molecular flexibility index (Phi) is 4.96. The number of amides is 1. The summed E-state index contributed by atoms with van der Waals surface area (Å²) in [5, 5.41) is 6.37. The number of benzene rings is 2. The van der Waals surface area contributed by atoms with Gasteiger partial charge in [0, 0.05) is 16.8 Å². The van der Waals surface area contributed by atoms with E-state index in [1.54, 1.807) is 43.5 Å². The second-order valence-electron chi connectivity index (χ2n) is 5.10. The zero-order chi connectivity index (χ0) is 16.9. The lowest BCUT2D eigenvalue weighted by molar-refractivity contribution is -0.114. The van der Waals surface area contributed by atoms with Crippen molar-refractivity contribution in [3.8, 4) is 17.2 Å². The molecule has 0 unspecified atom stereocenters. The summed E-state index contributed by atoms with van der Waals surface area (Å²) in [7, 11) is 1.56. The SMILES string of the molecule is COc1ccc(Cl)cc1NCC(=O)Nc1ccc2c(c1)OCCO2. The molecule has 7 heteroatoms. The van der Waals surface area contributed by atoms with Gasteiger partial charge in [-0.05, 0) is 30.3 Å². The molecule has 1 heterocycles. The lowest BCUT2D eigenvalue weighted by Crippen LogP contribution is -2.22. The first-order valence-corrected chi connectivity index (χ1v) is 7.80. The molecule has 6 nitrogen and oxygen atoms in total. The molecule has 126 valence electrons. The summed E-state index contributed by atoms with van der Waals surface area (Å²) in [6, 6.07) is 10.5. The first-order valence-electron chi connectivity index (χ1n) is 7.42. The Hall–Kier alpha value is -2.60. The maximum Gasteiger partial charge on any atom is 0.243 e. The van der Waals surface area contributed by atoms with E-state index in [2.05, 4.69) is 10.6 Å². The number of carbonyl (C=O) groups is 1. The van der Waals surface area contributed by atoms with Crippen LogP contribution in [0.2, 0.25) is 5.02 Å². The average Bonchev–Trinajstić information content (AvgIpc) is 2.60. The molecule has 0 saturated carbocycles. The highest BCUT2D eigenvalue weighted by atomic mass is 35.5. The van der Waals surface area contributed by atoms with Gasteiger partial charge in [0.2, 0.25) is 5.91 Å². The van der Waals surface area contributed by atoms with Crippen molar-refractivity contribution in [2.45, 2.75) is 0 Å². The third-order valence-electron chi connectivity index (χ3n) is 3.43. The Bertz CT molecular complexity index is 751. The summed E-state index contributed by atoms with van der Waals surface area (Å²) in [6.45, 7) is 1.11. The van der Waals surface area contributed by atoms with Crippen LogP contribution >= 0.6 is 11.6 Å². The molecule has 0 spiro atoms. The van der Waals surface area contributed by atoms with E-state index in [1.165, 1.54) is 0 Å². The second-order valence-corrected chi connectivity index (χ2v) is 5.54. The van der Waals surface area contributed by atoms with Gasteiger partial charge in [0.15, 0.2) is 11.5 Å². The Balaban J connectivity index is 1.61. The molecule has 2 aromatic rings. The Morgan fingerprint density at radius 2 is 1.96 bits per heavy atom. The van der Waals surface area contributed by atoms with Crippen molar-refractivity contribution in [2.24, 2.45) is 0 Å². The van der Waals surface area contributed by atoms with Crippen LogP contribution in [0.25, 0.3) is 0 Å². The fourth-order valence-electron chi connectivity index (χ4n) is 2.32. The topological polar surface area (TPSA) is 68.8 Å². The van der Waals surface area contributed by atoms with Crippen molar-refractivity contribution < 1.29 is 19.0 Å². The number of halogens is 1. The average molecular weight is 349 g/mol. The fourth-order valence-corrected chi connectivity index (χ4v) is 2.49. The van der Waals surface area contributed by atoms with Crippen LogP contribution in [0, 0.1) is 0 Å². The van der Waals surface area contributed by atoms with Gasteiger partial charge in [-0.2, -0.15) is 0 Å². The minimum Gasteiger partial charge on any atom is -0.495 e. The van der Waals surface area contributed by atoms with Crippen LogP contribution in [-0.2, 0) is 4.79 Å². The Morgan fingerprint density at radius 1 is 1.17 bits per heavy atom. The molecule has 24 heavy (non-hydrogen) atoms. The number of anilines is 2. The molecule has 3 rings (SSSR count). The second kappa shape index (κ2) is 7.31. The predicted molar refractivity (Wildman–Crippen MR) is 92.6 cm³/mol. The van der Waals surface area contributed by atoms with Crippen molar-refractivity contribution in [3.63, 3.8) is 0 Å². The molecule has 0 atom stereocenters. The van der Waals surface area contributed by atoms with Crippen molar-refractivity contribution in [1.82, 2.24) is 0 Å². The first kappa shape index (κ1) is 16.3. The van der Waals surface area contributed by atoms with Gasteiger partial charge >= 0.3 is 0 Å². The quantitative estimate of drug-likeness (QED) is 0.868. The minimum atomic E-state index is -0.200. The Labute approximate surface area is 144 Å². The molecule has 0 fully saturated rings. The van der Waals surface area contributed by atoms with Crippen LogP contribution in [0.3, 0.4) is 0 Å². The van der Waals surface area contributed by atoms with E-state index in [9.17, 15) is 4.79 Å². The number of hydrogen-bond acceptors (Lipinski definition) is 5. The maximum atomic E-state index is 12.1. The lowest BCUT2D eigenvalue weighted by atomic mass is 10.2. The number of fused-ring (bicyclic) bond motifs is 1. The van der Waals surface area contributed by atoms with E-state index >= 15 is 0 Å². The van der Waals surface area contributed by atoms with E-state index in [4.69, 9.17) is 25.8 Å². The summed E-state index contributed by atoms with van der Waals surface area (Å²) in [5.74, 6) is 1.73. The van der Waals surface area contributed by atoms with Crippen molar-refractivity contribution >= 4 is 28.9 Å². The highest BCUT2D eigenvalue weighted by molar-refractivity contribution is 6.30. The van der Waals surface area contributed by atoms with Gasteiger partial charge in [0.1, 0.15) is 19.0 Å². The number of carbonyl (C=O) groups excluding carboxylic acids is 1. The number of nitrogens with one attached hydrogen (secondary N) is 2. The molecule has 0 aliphatic carbocycles. The molecule has 2 N–H and O–H groups in total. The van der Waals surface area contributed by atoms with Crippen molar-refractivity contribution in [2.75, 3.05) is 37.5 Å². The zero-order valence-electron chi connectivity index (χ0n) is 13.1. The molecule has 0 aromatic heterocycles. The molecule has 1 amide bonds. The smallest absolute Gasteiger partial charge is 0.243 e. The fraction of sp³-hybridized carbons (Fsp3) is 0.235. The van der Waals surface area contributed by atoms with E-state index in [-0.39, 0.29) is 12.5 Å². The molecule has 0 radical (unpaired) electrons. The highest BCUT2D eigenvalue weighted by Crippen LogP contribution is 2.32.